The maximum atomic E-state index is 12.6. The lowest BCUT2D eigenvalue weighted by Crippen LogP contribution is -1.98. The van der Waals surface area contributed by atoms with Crippen molar-refractivity contribution in [3.05, 3.63) is 59.2 Å². The van der Waals surface area contributed by atoms with Crippen molar-refractivity contribution < 1.29 is 8.78 Å². The fourth-order valence-corrected chi connectivity index (χ4v) is 2.62. The lowest BCUT2D eigenvalue weighted by molar-refractivity contribution is 0.151. The van der Waals surface area contributed by atoms with Gasteiger partial charge in [-0.05, 0) is 34.6 Å². The highest BCUT2D eigenvalue weighted by Crippen LogP contribution is 2.31. The molecule has 0 fully saturated rings. The van der Waals surface area contributed by atoms with Crippen LogP contribution in [0.5, 0.6) is 0 Å². The van der Waals surface area contributed by atoms with Crippen molar-refractivity contribution in [2.24, 2.45) is 0 Å². The Balaban J connectivity index is 2.49. The van der Waals surface area contributed by atoms with Crippen molar-refractivity contribution in [1.29, 1.82) is 0 Å². The molecule has 0 aliphatic rings. The third-order valence-corrected chi connectivity index (χ3v) is 3.66. The van der Waals surface area contributed by atoms with Gasteiger partial charge in [-0.25, -0.2) is 8.78 Å². The lowest BCUT2D eigenvalue weighted by atomic mass is 9.89. The Bertz CT molecular complexity index is 568. The molecular weight excluding hydrogens is 254 g/mol. The number of benzene rings is 2. The molecule has 0 atom stereocenters. The Morgan fingerprint density at radius 2 is 1.60 bits per heavy atom. The summed E-state index contributed by atoms with van der Waals surface area (Å²) in [6.07, 6.45) is -1.46. The minimum Gasteiger partial charge on any atom is -0.205 e. The lowest BCUT2D eigenvalue weighted by Gasteiger charge is -2.16. The number of alkyl halides is 2. The topological polar surface area (TPSA) is 0 Å². The molecule has 0 heterocycles. The summed E-state index contributed by atoms with van der Waals surface area (Å²) in [4.78, 5) is 0. The first-order valence-electron chi connectivity index (χ1n) is 7.04. The maximum Gasteiger partial charge on any atom is 0.263 e. The third kappa shape index (κ3) is 2.90. The predicted molar refractivity (Wildman–Crippen MR) is 80.3 cm³/mol. The molecule has 0 unspecified atom stereocenters. The summed E-state index contributed by atoms with van der Waals surface area (Å²) in [6.45, 7) is 6.49. The van der Waals surface area contributed by atoms with Crippen LogP contribution in [0.4, 0.5) is 8.78 Å². The van der Waals surface area contributed by atoms with Crippen LogP contribution in [-0.2, 0) is 6.42 Å². The van der Waals surface area contributed by atoms with Crippen LogP contribution in [0.1, 0.15) is 49.8 Å². The molecule has 0 amide bonds. The van der Waals surface area contributed by atoms with Gasteiger partial charge in [0.15, 0.2) is 0 Å². The molecule has 0 saturated carbocycles. The van der Waals surface area contributed by atoms with Gasteiger partial charge >= 0.3 is 0 Å². The van der Waals surface area contributed by atoms with E-state index < -0.39 is 6.43 Å². The van der Waals surface area contributed by atoms with E-state index in [0.29, 0.717) is 5.92 Å². The van der Waals surface area contributed by atoms with Crippen molar-refractivity contribution in [2.45, 2.75) is 39.5 Å². The van der Waals surface area contributed by atoms with Crippen LogP contribution in [0.2, 0.25) is 0 Å². The fourth-order valence-electron chi connectivity index (χ4n) is 2.62. The van der Waals surface area contributed by atoms with Crippen molar-refractivity contribution in [2.75, 3.05) is 0 Å². The van der Waals surface area contributed by atoms with Crippen LogP contribution in [0.3, 0.4) is 0 Å². The minimum atomic E-state index is -2.41. The molecule has 0 aliphatic carbocycles. The first kappa shape index (κ1) is 14.7. The van der Waals surface area contributed by atoms with Gasteiger partial charge in [-0.3, -0.25) is 0 Å². The Labute approximate surface area is 119 Å². The van der Waals surface area contributed by atoms with Gasteiger partial charge in [-0.1, -0.05) is 63.2 Å². The Morgan fingerprint density at radius 1 is 0.950 bits per heavy atom. The molecule has 0 nitrogen and oxygen atoms in total. The highest BCUT2D eigenvalue weighted by molar-refractivity contribution is 5.69. The number of rotatable bonds is 4. The Kier molecular flexibility index (Phi) is 4.53. The fraction of sp³-hybridized carbons (Fsp3) is 0.333. The van der Waals surface area contributed by atoms with E-state index in [1.807, 2.05) is 6.07 Å². The van der Waals surface area contributed by atoms with Crippen LogP contribution < -0.4 is 0 Å². The standard InChI is InChI=1S/C18H20F2/c1-4-15-16(12(2)3)6-5-7-17(15)13-8-10-14(11-9-13)18(19)20/h5-12,18H,4H2,1-3H3. The second kappa shape index (κ2) is 6.17. The zero-order chi connectivity index (χ0) is 14.7. The van der Waals surface area contributed by atoms with E-state index in [-0.39, 0.29) is 5.56 Å². The van der Waals surface area contributed by atoms with Gasteiger partial charge in [0.05, 0.1) is 0 Å². The summed E-state index contributed by atoms with van der Waals surface area (Å²) in [6, 6.07) is 12.9. The Hall–Kier alpha value is -1.70. The molecule has 0 aromatic heterocycles. The van der Waals surface area contributed by atoms with Crippen LogP contribution in [-0.4, -0.2) is 0 Å². The summed E-state index contributed by atoms with van der Waals surface area (Å²) in [7, 11) is 0. The van der Waals surface area contributed by atoms with Crippen molar-refractivity contribution >= 4 is 0 Å². The second-order valence-electron chi connectivity index (χ2n) is 5.30. The van der Waals surface area contributed by atoms with Gasteiger partial charge in [0.25, 0.3) is 6.43 Å². The molecule has 0 radical (unpaired) electrons. The molecule has 2 rings (SSSR count). The normalized spacial score (nSPS) is 11.3. The largest absolute Gasteiger partial charge is 0.263 e. The van der Waals surface area contributed by atoms with Crippen molar-refractivity contribution in [1.82, 2.24) is 0 Å². The number of halogens is 2. The molecule has 2 aromatic rings. The summed E-state index contributed by atoms with van der Waals surface area (Å²) in [5.41, 5.74) is 4.88. The quantitative estimate of drug-likeness (QED) is 0.643. The average Bonchev–Trinajstić information content (AvgIpc) is 2.46. The van der Waals surface area contributed by atoms with Crippen LogP contribution in [0.25, 0.3) is 11.1 Å². The maximum absolute atomic E-state index is 12.6. The van der Waals surface area contributed by atoms with Gasteiger partial charge < -0.3 is 0 Å². The third-order valence-electron chi connectivity index (χ3n) is 3.66. The second-order valence-corrected chi connectivity index (χ2v) is 5.30. The van der Waals surface area contributed by atoms with E-state index >= 15 is 0 Å². The molecule has 2 heteroatoms. The van der Waals surface area contributed by atoms with Crippen LogP contribution in [0.15, 0.2) is 42.5 Å². The molecule has 0 aliphatic heterocycles. The van der Waals surface area contributed by atoms with Crippen molar-refractivity contribution in [3.8, 4) is 11.1 Å². The van der Waals surface area contributed by atoms with Gasteiger partial charge in [-0.2, -0.15) is 0 Å². The molecule has 0 bridgehead atoms. The first-order valence-corrected chi connectivity index (χ1v) is 7.04. The van der Waals surface area contributed by atoms with Gasteiger partial charge in [0, 0.05) is 5.56 Å². The molecule has 0 N–H and O–H groups in total. The zero-order valence-corrected chi connectivity index (χ0v) is 12.2. The van der Waals surface area contributed by atoms with Crippen LogP contribution in [0, 0.1) is 0 Å². The number of hydrogen-bond acceptors (Lipinski definition) is 0. The van der Waals surface area contributed by atoms with Gasteiger partial charge in [0.2, 0.25) is 0 Å². The van der Waals surface area contributed by atoms with E-state index in [4.69, 9.17) is 0 Å². The highest BCUT2D eigenvalue weighted by atomic mass is 19.3. The summed E-state index contributed by atoms with van der Waals surface area (Å²) in [5.74, 6) is 0.463. The van der Waals surface area contributed by atoms with Crippen molar-refractivity contribution in [3.63, 3.8) is 0 Å². The summed E-state index contributed by atoms with van der Waals surface area (Å²) >= 11 is 0. The van der Waals surface area contributed by atoms with Gasteiger partial charge in [0.1, 0.15) is 0 Å². The molecular formula is C18H20F2. The molecule has 0 spiro atoms. The summed E-state index contributed by atoms with van der Waals surface area (Å²) < 4.78 is 25.2. The molecule has 106 valence electrons. The smallest absolute Gasteiger partial charge is 0.205 e. The van der Waals surface area contributed by atoms with E-state index in [1.165, 1.54) is 23.3 Å². The zero-order valence-electron chi connectivity index (χ0n) is 12.2. The monoisotopic (exact) mass is 274 g/mol. The SMILES string of the molecule is CCc1c(-c2ccc(C(F)F)cc2)cccc1C(C)C. The van der Waals surface area contributed by atoms with E-state index in [2.05, 4.69) is 32.9 Å². The summed E-state index contributed by atoms with van der Waals surface area (Å²) in [5, 5.41) is 0. The van der Waals surface area contributed by atoms with E-state index in [0.717, 1.165) is 17.5 Å². The first-order chi connectivity index (χ1) is 9.54. The predicted octanol–water partition coefficient (Wildman–Crippen LogP) is 5.98. The van der Waals surface area contributed by atoms with Crippen LogP contribution >= 0.6 is 0 Å². The number of hydrogen-bond donors (Lipinski definition) is 0. The van der Waals surface area contributed by atoms with Gasteiger partial charge in [-0.15, -0.1) is 0 Å². The molecule has 0 saturated heterocycles. The molecule has 2 aromatic carbocycles. The van der Waals surface area contributed by atoms with E-state index in [9.17, 15) is 8.78 Å². The Morgan fingerprint density at radius 3 is 2.10 bits per heavy atom. The van der Waals surface area contributed by atoms with E-state index in [1.54, 1.807) is 12.1 Å². The highest BCUT2D eigenvalue weighted by Gasteiger charge is 2.12. The average molecular weight is 274 g/mol. The molecule has 20 heavy (non-hydrogen) atoms. The minimum absolute atomic E-state index is 0.0758.